The van der Waals surface area contributed by atoms with E-state index in [0.29, 0.717) is 11.4 Å². The zero-order valence-corrected chi connectivity index (χ0v) is 14.7. The summed E-state index contributed by atoms with van der Waals surface area (Å²) in [5.74, 6) is -0.00540. The Morgan fingerprint density at radius 3 is 2.74 bits per heavy atom. The van der Waals surface area contributed by atoms with Crippen LogP contribution in [0.1, 0.15) is 16.1 Å². The summed E-state index contributed by atoms with van der Waals surface area (Å²) in [4.78, 5) is 26.9. The minimum atomic E-state index is -0.584. The van der Waals surface area contributed by atoms with Crippen LogP contribution < -0.4 is 10.1 Å². The van der Waals surface area contributed by atoms with Crippen molar-refractivity contribution in [3.8, 4) is 5.75 Å². The summed E-state index contributed by atoms with van der Waals surface area (Å²) >= 11 is 6.00. The molecule has 0 saturated carbocycles. The molecule has 1 heterocycles. The maximum Gasteiger partial charge on any atom is 0.270 e. The fourth-order valence-corrected chi connectivity index (χ4v) is 2.51. The van der Waals surface area contributed by atoms with E-state index in [4.69, 9.17) is 16.3 Å². The van der Waals surface area contributed by atoms with Crippen LogP contribution in [0, 0.1) is 10.1 Å². The van der Waals surface area contributed by atoms with Crippen LogP contribution in [0.4, 0.5) is 11.4 Å². The summed E-state index contributed by atoms with van der Waals surface area (Å²) in [6.45, 7) is 0.287. The number of hydrogen-bond acceptors (Lipinski definition) is 5. The summed E-state index contributed by atoms with van der Waals surface area (Å²) in [5.41, 5.74) is 1.05. The summed E-state index contributed by atoms with van der Waals surface area (Å²) in [5, 5.41) is 13.7. The van der Waals surface area contributed by atoms with Crippen LogP contribution in [0.2, 0.25) is 5.02 Å². The average molecular weight is 384 g/mol. The standard InChI is InChI=1S/C19H14ClN3O4/c20-18-8-7-15(23(25)26)11-17(18)19(24)22-13-5-3-6-16(10-13)27-12-14-4-1-2-9-21-14/h1-11H,12H2,(H,22,24). The Labute approximate surface area is 159 Å². The largest absolute Gasteiger partial charge is 0.487 e. The first kappa shape index (κ1) is 18.3. The van der Waals surface area contributed by atoms with Gasteiger partial charge in [0.1, 0.15) is 12.4 Å². The monoisotopic (exact) mass is 383 g/mol. The molecule has 8 heteroatoms. The molecule has 2 aromatic carbocycles. The highest BCUT2D eigenvalue weighted by Gasteiger charge is 2.16. The molecule has 3 aromatic rings. The minimum absolute atomic E-state index is 0.0191. The predicted molar refractivity (Wildman–Crippen MR) is 101 cm³/mol. The number of carbonyl (C=O) groups is 1. The van der Waals surface area contributed by atoms with Crippen molar-refractivity contribution in [3.63, 3.8) is 0 Å². The third kappa shape index (κ3) is 4.80. The van der Waals surface area contributed by atoms with Gasteiger partial charge in [0.05, 0.1) is 21.2 Å². The number of nitro benzene ring substituents is 1. The second kappa shape index (κ2) is 8.29. The van der Waals surface area contributed by atoms with Crippen LogP contribution in [0.15, 0.2) is 66.9 Å². The molecule has 0 spiro atoms. The lowest BCUT2D eigenvalue weighted by atomic mass is 10.2. The molecular formula is C19H14ClN3O4. The van der Waals surface area contributed by atoms with Crippen molar-refractivity contribution in [2.45, 2.75) is 6.61 Å². The second-order valence-electron chi connectivity index (χ2n) is 5.51. The lowest BCUT2D eigenvalue weighted by Gasteiger charge is -2.10. The van der Waals surface area contributed by atoms with Crippen molar-refractivity contribution in [2.24, 2.45) is 0 Å². The van der Waals surface area contributed by atoms with Gasteiger partial charge in [-0.3, -0.25) is 19.9 Å². The molecule has 0 radical (unpaired) electrons. The third-order valence-corrected chi connectivity index (χ3v) is 3.94. The van der Waals surface area contributed by atoms with Gasteiger partial charge in [-0.15, -0.1) is 0 Å². The molecule has 0 bridgehead atoms. The van der Waals surface area contributed by atoms with Crippen LogP contribution in [0.5, 0.6) is 5.75 Å². The molecule has 27 heavy (non-hydrogen) atoms. The summed E-state index contributed by atoms with van der Waals surface area (Å²) in [6, 6.07) is 16.0. The van der Waals surface area contributed by atoms with Gasteiger partial charge in [-0.25, -0.2) is 0 Å². The van der Waals surface area contributed by atoms with E-state index in [1.54, 1.807) is 30.5 Å². The van der Waals surface area contributed by atoms with Crippen molar-refractivity contribution in [3.05, 3.63) is 93.3 Å². The van der Waals surface area contributed by atoms with E-state index in [-0.39, 0.29) is 22.9 Å². The third-order valence-electron chi connectivity index (χ3n) is 3.61. The first-order chi connectivity index (χ1) is 13.0. The second-order valence-corrected chi connectivity index (χ2v) is 5.92. The summed E-state index contributed by atoms with van der Waals surface area (Å²) in [7, 11) is 0. The van der Waals surface area contributed by atoms with Crippen LogP contribution in [-0.4, -0.2) is 15.8 Å². The lowest BCUT2D eigenvalue weighted by molar-refractivity contribution is -0.384. The number of aromatic nitrogens is 1. The molecule has 3 rings (SSSR count). The van der Waals surface area contributed by atoms with Gasteiger partial charge in [-0.1, -0.05) is 23.7 Å². The van der Waals surface area contributed by atoms with Crippen LogP contribution in [-0.2, 0) is 6.61 Å². The van der Waals surface area contributed by atoms with Crippen molar-refractivity contribution in [1.29, 1.82) is 0 Å². The van der Waals surface area contributed by atoms with Gasteiger partial charge in [-0.2, -0.15) is 0 Å². The number of carbonyl (C=O) groups excluding carboxylic acids is 1. The van der Waals surface area contributed by atoms with Crippen molar-refractivity contribution in [1.82, 2.24) is 4.98 Å². The van der Waals surface area contributed by atoms with E-state index in [1.807, 2.05) is 18.2 Å². The maximum atomic E-state index is 12.4. The Morgan fingerprint density at radius 2 is 2.00 bits per heavy atom. The van der Waals surface area contributed by atoms with E-state index in [1.165, 1.54) is 12.1 Å². The van der Waals surface area contributed by atoms with E-state index >= 15 is 0 Å². The molecule has 0 fully saturated rings. The molecule has 0 atom stereocenters. The smallest absolute Gasteiger partial charge is 0.270 e. The molecule has 1 amide bonds. The Balaban J connectivity index is 1.71. The topological polar surface area (TPSA) is 94.4 Å². The lowest BCUT2D eigenvalue weighted by Crippen LogP contribution is -2.13. The number of ether oxygens (including phenoxy) is 1. The Kier molecular flexibility index (Phi) is 5.63. The fraction of sp³-hybridized carbons (Fsp3) is 0.0526. The van der Waals surface area contributed by atoms with Crippen LogP contribution in [0.25, 0.3) is 0 Å². The molecule has 0 aliphatic heterocycles. The first-order valence-electron chi connectivity index (χ1n) is 7.91. The number of anilines is 1. The zero-order valence-electron chi connectivity index (χ0n) is 14.0. The molecule has 0 aliphatic carbocycles. The van der Waals surface area contributed by atoms with Crippen molar-refractivity contribution < 1.29 is 14.5 Å². The van der Waals surface area contributed by atoms with E-state index in [9.17, 15) is 14.9 Å². The zero-order chi connectivity index (χ0) is 19.2. The number of nitrogens with one attached hydrogen (secondary N) is 1. The van der Waals surface area contributed by atoms with Gasteiger partial charge < -0.3 is 10.1 Å². The summed E-state index contributed by atoms with van der Waals surface area (Å²) in [6.07, 6.45) is 1.68. The average Bonchev–Trinajstić information content (AvgIpc) is 2.67. The van der Waals surface area contributed by atoms with Gasteiger partial charge in [0, 0.05) is 30.1 Å². The van der Waals surface area contributed by atoms with Gasteiger partial charge in [0.2, 0.25) is 0 Å². The number of pyridine rings is 1. The van der Waals surface area contributed by atoms with Gasteiger partial charge >= 0.3 is 0 Å². The number of nitrogens with zero attached hydrogens (tertiary/aromatic N) is 2. The fourth-order valence-electron chi connectivity index (χ4n) is 2.30. The Morgan fingerprint density at radius 1 is 1.15 bits per heavy atom. The number of amides is 1. The van der Waals surface area contributed by atoms with E-state index < -0.39 is 10.8 Å². The molecule has 1 N–H and O–H groups in total. The highest BCUT2D eigenvalue weighted by atomic mass is 35.5. The van der Waals surface area contributed by atoms with Crippen molar-refractivity contribution in [2.75, 3.05) is 5.32 Å². The normalized spacial score (nSPS) is 10.3. The highest BCUT2D eigenvalue weighted by molar-refractivity contribution is 6.34. The maximum absolute atomic E-state index is 12.4. The summed E-state index contributed by atoms with van der Waals surface area (Å²) < 4.78 is 5.67. The van der Waals surface area contributed by atoms with Crippen LogP contribution in [0.3, 0.4) is 0 Å². The number of halogens is 1. The van der Waals surface area contributed by atoms with E-state index in [0.717, 1.165) is 11.8 Å². The number of benzene rings is 2. The van der Waals surface area contributed by atoms with Crippen LogP contribution >= 0.6 is 11.6 Å². The molecule has 1 aromatic heterocycles. The molecule has 136 valence electrons. The molecule has 0 unspecified atom stereocenters. The quantitative estimate of drug-likeness (QED) is 0.500. The molecular weight excluding hydrogens is 370 g/mol. The SMILES string of the molecule is O=C(Nc1cccc(OCc2ccccn2)c1)c1cc([N+](=O)[O-])ccc1Cl. The highest BCUT2D eigenvalue weighted by Crippen LogP contribution is 2.24. The van der Waals surface area contributed by atoms with Crippen molar-refractivity contribution >= 4 is 28.9 Å². The molecule has 7 nitrogen and oxygen atoms in total. The Hall–Kier alpha value is -3.45. The molecule has 0 aliphatic rings. The Bertz CT molecular complexity index is 980. The van der Waals surface area contributed by atoms with Gasteiger partial charge in [0.15, 0.2) is 0 Å². The number of nitro groups is 1. The first-order valence-corrected chi connectivity index (χ1v) is 8.29. The van der Waals surface area contributed by atoms with E-state index in [2.05, 4.69) is 10.3 Å². The number of non-ortho nitro benzene ring substituents is 1. The van der Waals surface area contributed by atoms with Gasteiger partial charge in [-0.05, 0) is 30.3 Å². The molecule has 0 saturated heterocycles. The number of rotatable bonds is 6. The van der Waals surface area contributed by atoms with Gasteiger partial charge in [0.25, 0.3) is 11.6 Å². The number of hydrogen-bond donors (Lipinski definition) is 1. The predicted octanol–water partition coefficient (Wildman–Crippen LogP) is 4.47. The minimum Gasteiger partial charge on any atom is -0.487 e.